The molecule has 0 radical (unpaired) electrons. The van der Waals surface area contributed by atoms with Gasteiger partial charge in [-0.1, -0.05) is 176 Å². The third-order valence-electron chi connectivity index (χ3n) is 11.5. The van der Waals surface area contributed by atoms with Crippen LogP contribution in [0, 0.1) is 0 Å². The molecule has 10 aromatic rings. The van der Waals surface area contributed by atoms with Crippen molar-refractivity contribution < 1.29 is 0 Å². The summed E-state index contributed by atoms with van der Waals surface area (Å²) in [5, 5.41) is 7.04. The average molecular weight is 755 g/mol. The predicted molar refractivity (Wildman–Crippen MR) is 253 cm³/mol. The highest BCUT2D eigenvalue weighted by Crippen LogP contribution is 2.44. The second-order valence-corrected chi connectivity index (χ2v) is 15.1. The van der Waals surface area contributed by atoms with Crippen molar-refractivity contribution in [2.45, 2.75) is 6.92 Å². The van der Waals surface area contributed by atoms with E-state index in [0.29, 0.717) is 0 Å². The van der Waals surface area contributed by atoms with Gasteiger partial charge in [0.25, 0.3) is 0 Å². The largest absolute Gasteiger partial charge is 0.314 e. The van der Waals surface area contributed by atoms with E-state index in [2.05, 4.69) is 241 Å². The number of benzene rings is 9. The van der Waals surface area contributed by atoms with Gasteiger partial charge in [-0.3, -0.25) is 0 Å². The van der Waals surface area contributed by atoms with E-state index in [0.717, 1.165) is 38.8 Å². The first-order valence-electron chi connectivity index (χ1n) is 20.2. The van der Waals surface area contributed by atoms with Crippen LogP contribution in [-0.4, -0.2) is 4.57 Å². The van der Waals surface area contributed by atoms with Crippen LogP contribution in [0.4, 0.5) is 11.4 Å². The fourth-order valence-electron chi connectivity index (χ4n) is 8.55. The molecule has 0 aliphatic heterocycles. The molecule has 2 nitrogen and oxygen atoms in total. The Kier molecular flexibility index (Phi) is 9.29. The van der Waals surface area contributed by atoms with Gasteiger partial charge in [-0.15, -0.1) is 0 Å². The van der Waals surface area contributed by atoms with E-state index in [1.54, 1.807) is 0 Å². The lowest BCUT2D eigenvalue weighted by Gasteiger charge is -2.27. The number of hydrogen-bond acceptors (Lipinski definition) is 1. The zero-order chi connectivity index (χ0) is 39.7. The minimum absolute atomic E-state index is 1.00. The van der Waals surface area contributed by atoms with E-state index in [4.69, 9.17) is 0 Å². The maximum atomic E-state index is 4.28. The van der Waals surface area contributed by atoms with Crippen molar-refractivity contribution in [1.29, 1.82) is 0 Å². The highest BCUT2D eigenvalue weighted by Gasteiger charge is 2.20. The minimum Gasteiger partial charge on any atom is -0.314 e. The van der Waals surface area contributed by atoms with Crippen LogP contribution in [0.3, 0.4) is 0 Å². The van der Waals surface area contributed by atoms with Gasteiger partial charge in [0.1, 0.15) is 0 Å². The number of nitrogens with zero attached hydrogens (tertiary/aromatic N) is 2. The molecule has 1 heterocycles. The molecule has 0 spiro atoms. The lowest BCUT2D eigenvalue weighted by atomic mass is 9.94. The van der Waals surface area contributed by atoms with E-state index < -0.39 is 0 Å². The third kappa shape index (κ3) is 6.71. The van der Waals surface area contributed by atoms with Crippen LogP contribution in [0.25, 0.3) is 84.3 Å². The Morgan fingerprint density at radius 2 is 1.07 bits per heavy atom. The van der Waals surface area contributed by atoms with Crippen LogP contribution in [0.5, 0.6) is 0 Å². The van der Waals surface area contributed by atoms with Gasteiger partial charge in [-0.25, -0.2) is 0 Å². The van der Waals surface area contributed by atoms with Gasteiger partial charge in [-0.05, 0) is 111 Å². The molecule has 0 bridgehead atoms. The normalized spacial score (nSPS) is 12.1. The molecule has 0 N–H and O–H groups in total. The molecular formula is C57H42N2. The summed E-state index contributed by atoms with van der Waals surface area (Å²) < 4.78 is 2.44. The van der Waals surface area contributed by atoms with Crippen LogP contribution < -0.4 is 15.3 Å². The van der Waals surface area contributed by atoms with Gasteiger partial charge in [-0.2, -0.15) is 0 Å². The summed E-state index contributed by atoms with van der Waals surface area (Å²) in [6.07, 6.45) is 4.37. The van der Waals surface area contributed by atoms with Gasteiger partial charge in [0, 0.05) is 38.9 Å². The van der Waals surface area contributed by atoms with Crippen LogP contribution in [0.2, 0.25) is 0 Å². The smallest absolute Gasteiger partial charge is 0.0625 e. The van der Waals surface area contributed by atoms with Crippen molar-refractivity contribution >= 4 is 56.6 Å². The quantitative estimate of drug-likeness (QED) is 0.150. The standard InChI is InChI=1S/C57H42N2/c1-40-16-9-10-17-42(40)29-28-41(2)58(50-36-34-46(35-37-50)45-32-30-44(31-33-45)43-18-5-3-6-19-43)51-24-15-21-47(38-51)54-39-48-20-11-12-25-52(48)57-56(54)53-26-13-14-27-55(53)59(57)49-22-7-4-8-23-49/h3-39H,1H2,2H3/b41-28+,42-29-. The first-order valence-corrected chi connectivity index (χ1v) is 20.2. The summed E-state index contributed by atoms with van der Waals surface area (Å²) in [5.74, 6) is 0. The Hall–Kier alpha value is -7.68. The van der Waals surface area contributed by atoms with Crippen LogP contribution in [0.1, 0.15) is 6.92 Å². The molecule has 9 aromatic carbocycles. The van der Waals surface area contributed by atoms with Crippen molar-refractivity contribution in [3.63, 3.8) is 0 Å². The molecule has 1 aromatic heterocycles. The Morgan fingerprint density at radius 1 is 0.492 bits per heavy atom. The number of anilines is 2. The zero-order valence-electron chi connectivity index (χ0n) is 33.0. The van der Waals surface area contributed by atoms with Crippen LogP contribution in [0.15, 0.2) is 224 Å². The van der Waals surface area contributed by atoms with Crippen molar-refractivity contribution in [2.24, 2.45) is 0 Å². The van der Waals surface area contributed by atoms with Crippen LogP contribution >= 0.6 is 0 Å². The van der Waals surface area contributed by atoms with Crippen LogP contribution in [-0.2, 0) is 0 Å². The average Bonchev–Trinajstić information content (AvgIpc) is 3.65. The Bertz CT molecular complexity index is 3270. The van der Waals surface area contributed by atoms with Crippen molar-refractivity contribution in [3.8, 4) is 39.1 Å². The molecule has 0 atom stereocenters. The third-order valence-corrected chi connectivity index (χ3v) is 11.5. The maximum Gasteiger partial charge on any atom is 0.0625 e. The monoisotopic (exact) mass is 754 g/mol. The molecule has 280 valence electrons. The number of aromatic nitrogens is 1. The van der Waals surface area contributed by atoms with E-state index >= 15 is 0 Å². The number of para-hydroxylation sites is 2. The molecule has 0 aliphatic carbocycles. The Labute approximate surface area is 345 Å². The molecule has 59 heavy (non-hydrogen) atoms. The summed E-state index contributed by atoms with van der Waals surface area (Å²) in [5.41, 5.74) is 14.0. The summed E-state index contributed by atoms with van der Waals surface area (Å²) in [7, 11) is 0. The van der Waals surface area contributed by atoms with Crippen molar-refractivity contribution in [1.82, 2.24) is 4.57 Å². The Morgan fingerprint density at radius 3 is 1.80 bits per heavy atom. The highest BCUT2D eigenvalue weighted by atomic mass is 15.1. The number of hydrogen-bond donors (Lipinski definition) is 0. The lowest BCUT2D eigenvalue weighted by molar-refractivity contribution is 1.16. The van der Waals surface area contributed by atoms with E-state index in [1.807, 2.05) is 6.07 Å². The summed E-state index contributed by atoms with van der Waals surface area (Å²) >= 11 is 0. The molecule has 0 saturated heterocycles. The number of allylic oxidation sites excluding steroid dienone is 2. The topological polar surface area (TPSA) is 8.17 Å². The second-order valence-electron chi connectivity index (χ2n) is 15.1. The summed E-state index contributed by atoms with van der Waals surface area (Å²) in [6.45, 7) is 6.47. The number of fused-ring (bicyclic) bond motifs is 5. The molecule has 0 fully saturated rings. The van der Waals surface area contributed by atoms with Gasteiger partial charge in [0.15, 0.2) is 0 Å². The fourth-order valence-corrected chi connectivity index (χ4v) is 8.55. The van der Waals surface area contributed by atoms with Gasteiger partial charge in [0.2, 0.25) is 0 Å². The van der Waals surface area contributed by atoms with Gasteiger partial charge in [0.05, 0.1) is 11.0 Å². The molecule has 0 amide bonds. The predicted octanol–water partition coefficient (Wildman–Crippen LogP) is 13.9. The molecule has 0 unspecified atom stereocenters. The molecule has 0 saturated carbocycles. The number of rotatable bonds is 8. The van der Waals surface area contributed by atoms with Crippen molar-refractivity contribution in [2.75, 3.05) is 4.90 Å². The second kappa shape index (κ2) is 15.3. The lowest BCUT2D eigenvalue weighted by Crippen LogP contribution is -2.21. The van der Waals surface area contributed by atoms with Gasteiger partial charge < -0.3 is 9.47 Å². The van der Waals surface area contributed by atoms with Crippen molar-refractivity contribution in [3.05, 3.63) is 235 Å². The molecule has 2 heteroatoms. The molecule has 0 aliphatic rings. The Balaban J connectivity index is 1.13. The fraction of sp³-hybridized carbons (Fsp3) is 0.0175. The highest BCUT2D eigenvalue weighted by molar-refractivity contribution is 6.24. The van der Waals surface area contributed by atoms with E-state index in [-0.39, 0.29) is 0 Å². The van der Waals surface area contributed by atoms with Gasteiger partial charge >= 0.3 is 0 Å². The molecular weight excluding hydrogens is 713 g/mol. The molecule has 10 rings (SSSR count). The first-order chi connectivity index (χ1) is 29.1. The summed E-state index contributed by atoms with van der Waals surface area (Å²) in [6, 6.07) is 76.3. The van der Waals surface area contributed by atoms with E-state index in [1.165, 1.54) is 60.4 Å². The van der Waals surface area contributed by atoms with E-state index in [9.17, 15) is 0 Å². The summed E-state index contributed by atoms with van der Waals surface area (Å²) in [4.78, 5) is 2.36. The SMILES string of the molecule is C=c1cccc/c1=C/C=C(\C)N(c1ccc(-c2ccc(-c3ccccc3)cc2)cc1)c1cccc(-c2cc3ccccc3c3c2c2ccccc2n3-c2ccccc2)c1. The zero-order valence-corrected chi connectivity index (χ0v) is 33.0. The first kappa shape index (κ1) is 35.7. The minimum atomic E-state index is 1.00. The maximum absolute atomic E-state index is 4.28.